The van der Waals surface area contributed by atoms with Gasteiger partial charge >= 0.3 is 0 Å². The number of thiophene rings is 1. The van der Waals surface area contributed by atoms with E-state index in [0.717, 1.165) is 22.7 Å². The first kappa shape index (κ1) is 23.0. The lowest BCUT2D eigenvalue weighted by Crippen LogP contribution is -2.39. The van der Waals surface area contributed by atoms with Crippen molar-refractivity contribution in [1.82, 2.24) is 10.6 Å². The van der Waals surface area contributed by atoms with Gasteiger partial charge in [0.05, 0.1) is 10.9 Å². The second kappa shape index (κ2) is 11.6. The van der Waals surface area contributed by atoms with Crippen molar-refractivity contribution >= 4 is 58.6 Å². The van der Waals surface area contributed by atoms with Crippen LogP contribution in [0.1, 0.15) is 23.5 Å². The summed E-state index contributed by atoms with van der Waals surface area (Å²) in [6, 6.07) is 11.9. The summed E-state index contributed by atoms with van der Waals surface area (Å²) in [5, 5.41) is 16.6. The van der Waals surface area contributed by atoms with E-state index >= 15 is 0 Å². The summed E-state index contributed by atoms with van der Waals surface area (Å²) in [6.07, 6.45) is -0.613. The first-order chi connectivity index (χ1) is 12.0. The predicted octanol–water partition coefficient (Wildman–Crippen LogP) is 3.87. The Labute approximate surface area is 181 Å². The van der Waals surface area contributed by atoms with Gasteiger partial charge in [0.1, 0.15) is 6.10 Å². The molecular formula is C18H26ClIN4OS. The molecule has 3 N–H and O–H groups in total. The molecular weight excluding hydrogens is 483 g/mol. The lowest BCUT2D eigenvalue weighted by molar-refractivity contribution is 0.184. The van der Waals surface area contributed by atoms with Crippen LogP contribution in [0.3, 0.4) is 0 Å². The zero-order valence-electron chi connectivity index (χ0n) is 15.2. The third kappa shape index (κ3) is 7.30. The van der Waals surface area contributed by atoms with E-state index in [9.17, 15) is 5.11 Å². The number of aliphatic hydroxyl groups excluding tert-OH is 1. The first-order valence-electron chi connectivity index (χ1n) is 8.21. The third-order valence-corrected chi connectivity index (χ3v) is 4.91. The number of nitrogens with one attached hydrogen (secondary N) is 2. The lowest BCUT2D eigenvalue weighted by atomic mass is 10.2. The number of halogens is 2. The highest BCUT2D eigenvalue weighted by Gasteiger charge is 2.11. The summed E-state index contributed by atoms with van der Waals surface area (Å²) in [7, 11) is 4.04. The molecule has 8 heteroatoms. The fraction of sp³-hybridized carbons (Fsp3) is 0.389. The van der Waals surface area contributed by atoms with Crippen LogP contribution in [0, 0.1) is 0 Å². The van der Waals surface area contributed by atoms with E-state index in [-0.39, 0.29) is 24.0 Å². The minimum atomic E-state index is -0.613. The van der Waals surface area contributed by atoms with Crippen LogP contribution in [0.5, 0.6) is 0 Å². The van der Waals surface area contributed by atoms with Gasteiger partial charge in [-0.05, 0) is 36.8 Å². The summed E-state index contributed by atoms with van der Waals surface area (Å²) >= 11 is 7.30. The summed E-state index contributed by atoms with van der Waals surface area (Å²) in [5.74, 6) is 0.680. The number of aliphatic imine (C=N–C) groups is 1. The van der Waals surface area contributed by atoms with Crippen molar-refractivity contribution in [1.29, 1.82) is 0 Å². The number of nitrogens with zero attached hydrogens (tertiary/aromatic N) is 2. The average molecular weight is 509 g/mol. The average Bonchev–Trinajstić information content (AvgIpc) is 3.04. The molecule has 0 bridgehead atoms. The van der Waals surface area contributed by atoms with Crippen LogP contribution in [-0.4, -0.2) is 38.3 Å². The molecule has 0 amide bonds. The molecule has 0 spiro atoms. The lowest BCUT2D eigenvalue weighted by Gasteiger charge is -2.15. The molecule has 0 saturated carbocycles. The molecule has 144 valence electrons. The Morgan fingerprint density at radius 2 is 2.04 bits per heavy atom. The number of hydrogen-bond donors (Lipinski definition) is 3. The Bertz CT molecular complexity index is 708. The number of aliphatic hydroxyl groups is 1. The Hall–Kier alpha value is -1.03. The van der Waals surface area contributed by atoms with Crippen molar-refractivity contribution in [2.24, 2.45) is 4.99 Å². The van der Waals surface area contributed by atoms with E-state index in [1.54, 1.807) is 6.07 Å². The minimum absolute atomic E-state index is 0. The van der Waals surface area contributed by atoms with E-state index in [1.807, 2.05) is 33.2 Å². The van der Waals surface area contributed by atoms with Gasteiger partial charge in [-0.15, -0.1) is 35.3 Å². The number of hydrogen-bond acceptors (Lipinski definition) is 4. The summed E-state index contributed by atoms with van der Waals surface area (Å²) < 4.78 is 0.676. The van der Waals surface area contributed by atoms with Gasteiger partial charge in [0, 0.05) is 37.7 Å². The zero-order chi connectivity index (χ0) is 18.2. The minimum Gasteiger partial charge on any atom is -0.386 e. The standard InChI is InChI=1S/C18H25ClN4OS.HI/c1-4-20-18(22-12-15(24)16-8-9-17(19)25-16)21-11-13-6-5-7-14(10-13)23(2)3;/h5-10,15,24H,4,11-12H2,1-3H3,(H2,20,21,22);1H. The van der Waals surface area contributed by atoms with Crippen LogP contribution in [0.2, 0.25) is 4.34 Å². The smallest absolute Gasteiger partial charge is 0.191 e. The van der Waals surface area contributed by atoms with E-state index < -0.39 is 6.10 Å². The Morgan fingerprint density at radius 1 is 1.27 bits per heavy atom. The molecule has 1 unspecified atom stereocenters. The van der Waals surface area contributed by atoms with Crippen molar-refractivity contribution in [2.75, 3.05) is 32.1 Å². The number of guanidine groups is 1. The van der Waals surface area contributed by atoms with Gasteiger partial charge < -0.3 is 20.6 Å². The van der Waals surface area contributed by atoms with Gasteiger partial charge in [-0.2, -0.15) is 0 Å². The van der Waals surface area contributed by atoms with Crippen molar-refractivity contribution in [2.45, 2.75) is 19.6 Å². The van der Waals surface area contributed by atoms with Crippen LogP contribution in [-0.2, 0) is 6.54 Å². The molecule has 0 saturated heterocycles. The molecule has 1 heterocycles. The van der Waals surface area contributed by atoms with Gasteiger partial charge in [-0.25, -0.2) is 4.99 Å². The molecule has 0 radical (unpaired) electrons. The number of anilines is 1. The molecule has 0 fully saturated rings. The normalized spacial score (nSPS) is 12.3. The number of rotatable bonds is 7. The monoisotopic (exact) mass is 508 g/mol. The maximum atomic E-state index is 10.2. The van der Waals surface area contributed by atoms with Gasteiger partial charge in [0.2, 0.25) is 0 Å². The maximum absolute atomic E-state index is 10.2. The van der Waals surface area contributed by atoms with Crippen molar-refractivity contribution in [3.63, 3.8) is 0 Å². The Morgan fingerprint density at radius 3 is 2.65 bits per heavy atom. The second-order valence-electron chi connectivity index (χ2n) is 5.80. The third-order valence-electron chi connectivity index (χ3n) is 3.58. The molecule has 2 aromatic rings. The SMILES string of the molecule is CCNC(=NCc1cccc(N(C)C)c1)NCC(O)c1ccc(Cl)s1.I. The first-order valence-corrected chi connectivity index (χ1v) is 9.40. The highest BCUT2D eigenvalue weighted by Crippen LogP contribution is 2.26. The molecule has 26 heavy (non-hydrogen) atoms. The molecule has 1 aromatic heterocycles. The van der Waals surface area contributed by atoms with Crippen molar-refractivity contribution < 1.29 is 5.11 Å². The van der Waals surface area contributed by atoms with Crippen LogP contribution in [0.4, 0.5) is 5.69 Å². The fourth-order valence-corrected chi connectivity index (χ4v) is 3.29. The van der Waals surface area contributed by atoms with Gasteiger partial charge in [-0.3, -0.25) is 0 Å². The molecule has 1 atom stereocenters. The van der Waals surface area contributed by atoms with Crippen molar-refractivity contribution in [3.05, 3.63) is 51.2 Å². The largest absolute Gasteiger partial charge is 0.386 e. The predicted molar refractivity (Wildman–Crippen MR) is 123 cm³/mol. The highest BCUT2D eigenvalue weighted by molar-refractivity contribution is 14.0. The zero-order valence-corrected chi connectivity index (χ0v) is 19.1. The van der Waals surface area contributed by atoms with E-state index in [4.69, 9.17) is 11.6 Å². The van der Waals surface area contributed by atoms with E-state index in [0.29, 0.717) is 23.4 Å². The molecule has 0 aliphatic heterocycles. The molecule has 1 aromatic carbocycles. The molecule has 0 aliphatic rings. The van der Waals surface area contributed by atoms with Gasteiger partial charge in [0.25, 0.3) is 0 Å². The number of benzene rings is 1. The van der Waals surface area contributed by atoms with E-state index in [2.05, 4.69) is 38.7 Å². The van der Waals surface area contributed by atoms with Gasteiger partial charge in [-0.1, -0.05) is 23.7 Å². The molecule has 2 rings (SSSR count). The topological polar surface area (TPSA) is 59.9 Å². The van der Waals surface area contributed by atoms with Crippen LogP contribution in [0.15, 0.2) is 41.4 Å². The summed E-state index contributed by atoms with van der Waals surface area (Å²) in [6.45, 7) is 3.71. The highest BCUT2D eigenvalue weighted by atomic mass is 127. The Balaban J connectivity index is 0.00000338. The van der Waals surface area contributed by atoms with Gasteiger partial charge in [0.15, 0.2) is 5.96 Å². The second-order valence-corrected chi connectivity index (χ2v) is 7.54. The van der Waals surface area contributed by atoms with Crippen LogP contribution >= 0.6 is 46.9 Å². The Kier molecular flexibility index (Phi) is 10.3. The quantitative estimate of drug-likeness (QED) is 0.302. The maximum Gasteiger partial charge on any atom is 0.191 e. The molecule has 5 nitrogen and oxygen atoms in total. The van der Waals surface area contributed by atoms with Crippen LogP contribution < -0.4 is 15.5 Å². The summed E-state index contributed by atoms with van der Waals surface area (Å²) in [5.41, 5.74) is 2.28. The molecule has 0 aliphatic carbocycles. The fourth-order valence-electron chi connectivity index (χ4n) is 2.25. The van der Waals surface area contributed by atoms with E-state index in [1.165, 1.54) is 11.3 Å². The van der Waals surface area contributed by atoms with Crippen LogP contribution in [0.25, 0.3) is 0 Å². The van der Waals surface area contributed by atoms with Crippen molar-refractivity contribution in [3.8, 4) is 0 Å². The summed E-state index contributed by atoms with van der Waals surface area (Å²) in [4.78, 5) is 7.51.